The van der Waals surface area contributed by atoms with Gasteiger partial charge in [-0.2, -0.15) is 0 Å². The summed E-state index contributed by atoms with van der Waals surface area (Å²) in [6, 6.07) is 0.711. The van der Waals surface area contributed by atoms with Gasteiger partial charge in [-0.3, -0.25) is 4.90 Å². The normalized spacial score (nSPS) is 31.6. The maximum Gasteiger partial charge on any atom is 0.0218 e. The van der Waals surface area contributed by atoms with Gasteiger partial charge in [0, 0.05) is 31.2 Å². The Kier molecular flexibility index (Phi) is 3.36. The standard InChI is InChI=1S/C13H26N2/c1-4-13(6-5-7-13)15-9-8-14-12(10-15)11(2)3/h11-12,14H,4-10H2,1-3H3. The van der Waals surface area contributed by atoms with Crippen LogP contribution in [0.5, 0.6) is 0 Å². The molecular weight excluding hydrogens is 184 g/mol. The van der Waals surface area contributed by atoms with Gasteiger partial charge in [0.1, 0.15) is 0 Å². The smallest absolute Gasteiger partial charge is 0.0218 e. The minimum absolute atomic E-state index is 0.592. The third-order valence-electron chi connectivity index (χ3n) is 4.62. The van der Waals surface area contributed by atoms with Crippen molar-refractivity contribution in [2.45, 2.75) is 58.0 Å². The average Bonchev–Trinajstić information content (AvgIpc) is 2.17. The molecule has 0 aromatic rings. The van der Waals surface area contributed by atoms with Gasteiger partial charge in [0.15, 0.2) is 0 Å². The first-order chi connectivity index (χ1) is 7.18. The van der Waals surface area contributed by atoms with Crippen LogP contribution in [0.2, 0.25) is 0 Å². The monoisotopic (exact) mass is 210 g/mol. The van der Waals surface area contributed by atoms with Crippen LogP contribution in [0, 0.1) is 5.92 Å². The molecule has 0 bridgehead atoms. The van der Waals surface area contributed by atoms with E-state index in [4.69, 9.17) is 0 Å². The molecular formula is C13H26N2. The molecule has 15 heavy (non-hydrogen) atoms. The fourth-order valence-electron chi connectivity index (χ4n) is 3.13. The summed E-state index contributed by atoms with van der Waals surface area (Å²) in [6.07, 6.45) is 5.67. The third-order valence-corrected chi connectivity index (χ3v) is 4.62. The van der Waals surface area contributed by atoms with Gasteiger partial charge in [-0.25, -0.2) is 0 Å². The van der Waals surface area contributed by atoms with E-state index in [1.165, 1.54) is 45.3 Å². The second kappa shape index (κ2) is 4.42. The average molecular weight is 210 g/mol. The highest BCUT2D eigenvalue weighted by molar-refractivity contribution is 4.99. The van der Waals surface area contributed by atoms with Gasteiger partial charge < -0.3 is 5.32 Å². The number of nitrogens with one attached hydrogen (secondary N) is 1. The molecule has 0 radical (unpaired) electrons. The molecule has 2 heteroatoms. The van der Waals surface area contributed by atoms with Crippen molar-refractivity contribution in [3.05, 3.63) is 0 Å². The summed E-state index contributed by atoms with van der Waals surface area (Å²) in [5, 5.41) is 3.65. The first-order valence-corrected chi connectivity index (χ1v) is 6.66. The lowest BCUT2D eigenvalue weighted by molar-refractivity contribution is -0.0126. The number of hydrogen-bond acceptors (Lipinski definition) is 2. The van der Waals surface area contributed by atoms with Crippen LogP contribution in [0.15, 0.2) is 0 Å². The highest BCUT2D eigenvalue weighted by Gasteiger charge is 2.42. The van der Waals surface area contributed by atoms with E-state index in [2.05, 4.69) is 31.0 Å². The fraction of sp³-hybridized carbons (Fsp3) is 1.00. The molecule has 2 fully saturated rings. The number of piperazine rings is 1. The topological polar surface area (TPSA) is 15.3 Å². The predicted octanol–water partition coefficient (Wildman–Crippen LogP) is 2.25. The molecule has 2 nitrogen and oxygen atoms in total. The van der Waals surface area contributed by atoms with E-state index in [9.17, 15) is 0 Å². The largest absolute Gasteiger partial charge is 0.311 e. The summed E-state index contributed by atoms with van der Waals surface area (Å²) in [4.78, 5) is 2.78. The van der Waals surface area contributed by atoms with Crippen molar-refractivity contribution in [3.8, 4) is 0 Å². The van der Waals surface area contributed by atoms with Crippen LogP contribution < -0.4 is 5.32 Å². The highest BCUT2D eigenvalue weighted by Crippen LogP contribution is 2.40. The van der Waals surface area contributed by atoms with Gasteiger partial charge in [-0.1, -0.05) is 20.8 Å². The second-order valence-electron chi connectivity index (χ2n) is 5.68. The van der Waals surface area contributed by atoms with E-state index in [-0.39, 0.29) is 0 Å². The molecule has 88 valence electrons. The fourth-order valence-corrected chi connectivity index (χ4v) is 3.13. The van der Waals surface area contributed by atoms with Crippen LogP contribution in [-0.4, -0.2) is 36.1 Å². The molecule has 0 amide bonds. The van der Waals surface area contributed by atoms with Crippen LogP contribution in [-0.2, 0) is 0 Å². The Morgan fingerprint density at radius 3 is 2.60 bits per heavy atom. The van der Waals surface area contributed by atoms with Crippen molar-refractivity contribution in [1.29, 1.82) is 0 Å². The predicted molar refractivity (Wildman–Crippen MR) is 65.1 cm³/mol. The summed E-state index contributed by atoms with van der Waals surface area (Å²) >= 11 is 0. The Bertz CT molecular complexity index is 203. The third kappa shape index (κ3) is 2.07. The summed E-state index contributed by atoms with van der Waals surface area (Å²) in [7, 11) is 0. The Balaban J connectivity index is 1.97. The zero-order valence-corrected chi connectivity index (χ0v) is 10.6. The lowest BCUT2D eigenvalue weighted by Gasteiger charge is -2.53. The van der Waals surface area contributed by atoms with E-state index < -0.39 is 0 Å². The molecule has 1 saturated carbocycles. The lowest BCUT2D eigenvalue weighted by Crippen LogP contribution is -2.63. The first kappa shape index (κ1) is 11.4. The Hall–Kier alpha value is -0.0800. The highest BCUT2D eigenvalue weighted by atomic mass is 15.3. The minimum Gasteiger partial charge on any atom is -0.311 e. The summed E-state index contributed by atoms with van der Waals surface area (Å²) < 4.78 is 0. The zero-order valence-electron chi connectivity index (χ0n) is 10.6. The molecule has 1 aliphatic heterocycles. The van der Waals surface area contributed by atoms with E-state index in [1.807, 2.05) is 0 Å². The van der Waals surface area contributed by atoms with E-state index in [1.54, 1.807) is 0 Å². The van der Waals surface area contributed by atoms with Gasteiger partial charge in [-0.05, 0) is 31.6 Å². The molecule has 0 spiro atoms. The van der Waals surface area contributed by atoms with E-state index in [0.29, 0.717) is 11.6 Å². The molecule has 2 aliphatic rings. The van der Waals surface area contributed by atoms with Crippen LogP contribution in [0.1, 0.15) is 46.5 Å². The van der Waals surface area contributed by atoms with Gasteiger partial charge in [0.25, 0.3) is 0 Å². The van der Waals surface area contributed by atoms with Gasteiger partial charge in [0.2, 0.25) is 0 Å². The molecule has 1 N–H and O–H groups in total. The van der Waals surface area contributed by atoms with Crippen molar-refractivity contribution in [2.24, 2.45) is 5.92 Å². The van der Waals surface area contributed by atoms with Gasteiger partial charge in [0.05, 0.1) is 0 Å². The molecule has 1 aliphatic carbocycles. The van der Waals surface area contributed by atoms with Crippen molar-refractivity contribution >= 4 is 0 Å². The minimum atomic E-state index is 0.592. The van der Waals surface area contributed by atoms with Crippen LogP contribution in [0.25, 0.3) is 0 Å². The zero-order chi connectivity index (χ0) is 10.9. The van der Waals surface area contributed by atoms with Gasteiger partial charge >= 0.3 is 0 Å². The lowest BCUT2D eigenvalue weighted by atomic mass is 9.72. The van der Waals surface area contributed by atoms with E-state index in [0.717, 1.165) is 5.92 Å². The number of nitrogens with zero attached hydrogens (tertiary/aromatic N) is 1. The molecule has 0 aromatic heterocycles. The molecule has 2 rings (SSSR count). The Morgan fingerprint density at radius 2 is 2.13 bits per heavy atom. The van der Waals surface area contributed by atoms with Crippen molar-refractivity contribution in [1.82, 2.24) is 10.2 Å². The maximum absolute atomic E-state index is 3.65. The Morgan fingerprint density at radius 1 is 1.40 bits per heavy atom. The van der Waals surface area contributed by atoms with Crippen molar-refractivity contribution < 1.29 is 0 Å². The SMILES string of the molecule is CCC1(N2CCNC(C(C)C)C2)CCC1. The van der Waals surface area contributed by atoms with Crippen LogP contribution >= 0.6 is 0 Å². The maximum atomic E-state index is 3.65. The van der Waals surface area contributed by atoms with Crippen LogP contribution in [0.3, 0.4) is 0 Å². The molecule has 1 unspecified atom stereocenters. The van der Waals surface area contributed by atoms with Crippen molar-refractivity contribution in [3.63, 3.8) is 0 Å². The van der Waals surface area contributed by atoms with E-state index >= 15 is 0 Å². The van der Waals surface area contributed by atoms with Crippen LogP contribution in [0.4, 0.5) is 0 Å². The second-order valence-corrected chi connectivity index (χ2v) is 5.68. The summed E-state index contributed by atoms with van der Waals surface area (Å²) in [5.74, 6) is 0.766. The van der Waals surface area contributed by atoms with Gasteiger partial charge in [-0.15, -0.1) is 0 Å². The Labute approximate surface area is 94.4 Å². The summed E-state index contributed by atoms with van der Waals surface area (Å²) in [6.45, 7) is 10.7. The first-order valence-electron chi connectivity index (χ1n) is 6.66. The number of hydrogen-bond donors (Lipinski definition) is 1. The summed E-state index contributed by atoms with van der Waals surface area (Å²) in [5.41, 5.74) is 0.592. The van der Waals surface area contributed by atoms with Crippen molar-refractivity contribution in [2.75, 3.05) is 19.6 Å². The number of rotatable bonds is 3. The molecule has 0 aromatic carbocycles. The molecule has 1 saturated heterocycles. The quantitative estimate of drug-likeness (QED) is 0.768. The molecule has 1 atom stereocenters. The molecule has 1 heterocycles.